The van der Waals surface area contributed by atoms with Gasteiger partial charge in [-0.2, -0.15) is 4.99 Å². The predicted molar refractivity (Wildman–Crippen MR) is 111 cm³/mol. The van der Waals surface area contributed by atoms with E-state index in [4.69, 9.17) is 4.74 Å². The second kappa shape index (κ2) is 7.92. The van der Waals surface area contributed by atoms with Crippen LogP contribution in [0, 0.1) is 0 Å². The standard InChI is InChI=1S/C20H20N2O5S2/c1-12(2)29(25,26)15-8-5-13(6-9-15)18(23)21-20-22(3)16-10-7-14(19(24)27-4)11-17(16)28-20/h5-12H,1-4H3. The minimum Gasteiger partial charge on any atom is -0.465 e. The summed E-state index contributed by atoms with van der Waals surface area (Å²) >= 11 is 1.27. The lowest BCUT2D eigenvalue weighted by molar-refractivity contribution is 0.0600. The van der Waals surface area contributed by atoms with Crippen LogP contribution in [0.5, 0.6) is 0 Å². The molecule has 0 saturated heterocycles. The molecule has 0 fully saturated rings. The summed E-state index contributed by atoms with van der Waals surface area (Å²) in [5, 5.41) is -0.541. The van der Waals surface area contributed by atoms with Gasteiger partial charge in [-0.3, -0.25) is 4.79 Å². The maximum absolute atomic E-state index is 12.6. The van der Waals surface area contributed by atoms with Crippen LogP contribution in [-0.2, 0) is 21.6 Å². The number of esters is 1. The van der Waals surface area contributed by atoms with E-state index in [-0.39, 0.29) is 4.90 Å². The normalized spacial score (nSPS) is 12.5. The molecule has 9 heteroatoms. The number of aromatic nitrogens is 1. The van der Waals surface area contributed by atoms with Crippen molar-refractivity contribution in [2.75, 3.05) is 7.11 Å². The van der Waals surface area contributed by atoms with E-state index >= 15 is 0 Å². The average molecular weight is 433 g/mol. The number of ether oxygens (including phenoxy) is 1. The molecule has 3 rings (SSSR count). The number of aryl methyl sites for hydroxylation is 1. The minimum atomic E-state index is -3.40. The number of carbonyl (C=O) groups is 2. The molecule has 0 atom stereocenters. The zero-order valence-corrected chi connectivity index (χ0v) is 18.0. The van der Waals surface area contributed by atoms with E-state index in [1.165, 1.54) is 42.7 Å². The first-order chi connectivity index (χ1) is 13.6. The van der Waals surface area contributed by atoms with Crippen molar-refractivity contribution in [3.63, 3.8) is 0 Å². The van der Waals surface area contributed by atoms with Gasteiger partial charge in [-0.05, 0) is 56.3 Å². The van der Waals surface area contributed by atoms with Gasteiger partial charge < -0.3 is 9.30 Å². The SMILES string of the molecule is COC(=O)c1ccc2c(c1)sc(=NC(=O)c1ccc(S(=O)(=O)C(C)C)cc1)n2C. The molecule has 0 radical (unpaired) electrons. The molecule has 1 amide bonds. The highest BCUT2D eigenvalue weighted by Gasteiger charge is 2.19. The maximum atomic E-state index is 12.6. The van der Waals surface area contributed by atoms with Crippen molar-refractivity contribution in [1.82, 2.24) is 4.57 Å². The summed E-state index contributed by atoms with van der Waals surface area (Å²) < 4.78 is 31.7. The second-order valence-corrected chi connectivity index (χ2v) is 10.2. The van der Waals surface area contributed by atoms with E-state index in [0.29, 0.717) is 15.9 Å². The van der Waals surface area contributed by atoms with Crippen molar-refractivity contribution in [3.8, 4) is 0 Å². The maximum Gasteiger partial charge on any atom is 0.337 e. The Morgan fingerprint density at radius 3 is 2.28 bits per heavy atom. The molecule has 2 aromatic carbocycles. The van der Waals surface area contributed by atoms with Crippen LogP contribution in [0.2, 0.25) is 0 Å². The van der Waals surface area contributed by atoms with Crippen molar-refractivity contribution in [2.45, 2.75) is 24.0 Å². The lowest BCUT2D eigenvalue weighted by Gasteiger charge is -2.07. The molecule has 7 nitrogen and oxygen atoms in total. The lowest BCUT2D eigenvalue weighted by Crippen LogP contribution is -2.15. The van der Waals surface area contributed by atoms with Gasteiger partial charge in [0.25, 0.3) is 5.91 Å². The summed E-state index contributed by atoms with van der Waals surface area (Å²) in [5.41, 5.74) is 1.54. The Balaban J connectivity index is 1.97. The van der Waals surface area contributed by atoms with Gasteiger partial charge in [0, 0.05) is 12.6 Å². The van der Waals surface area contributed by atoms with Gasteiger partial charge in [0.2, 0.25) is 0 Å². The second-order valence-electron chi connectivity index (χ2n) is 6.65. The van der Waals surface area contributed by atoms with Crippen molar-refractivity contribution in [3.05, 3.63) is 58.4 Å². The van der Waals surface area contributed by atoms with Crippen LogP contribution in [0.15, 0.2) is 52.4 Å². The van der Waals surface area contributed by atoms with Crippen LogP contribution in [0.3, 0.4) is 0 Å². The quantitative estimate of drug-likeness (QED) is 0.591. The number of nitrogens with zero attached hydrogens (tertiary/aromatic N) is 2. The van der Waals surface area contributed by atoms with Crippen molar-refractivity contribution >= 4 is 43.3 Å². The van der Waals surface area contributed by atoms with Crippen LogP contribution < -0.4 is 4.80 Å². The number of hydrogen-bond acceptors (Lipinski definition) is 6. The van der Waals surface area contributed by atoms with E-state index in [1.54, 1.807) is 43.7 Å². The molecular formula is C20H20N2O5S2. The van der Waals surface area contributed by atoms with Crippen LogP contribution >= 0.6 is 11.3 Å². The molecule has 0 saturated carbocycles. The molecule has 1 heterocycles. The molecule has 1 aromatic heterocycles. The Kier molecular flexibility index (Phi) is 5.72. The predicted octanol–water partition coefficient (Wildman–Crippen LogP) is 2.95. The number of hydrogen-bond donors (Lipinski definition) is 0. The Bertz CT molecular complexity index is 1270. The monoisotopic (exact) mass is 432 g/mol. The summed E-state index contributed by atoms with van der Waals surface area (Å²) in [4.78, 5) is 29.1. The minimum absolute atomic E-state index is 0.173. The van der Waals surface area contributed by atoms with E-state index in [0.717, 1.165) is 10.2 Å². The molecule has 29 heavy (non-hydrogen) atoms. The lowest BCUT2D eigenvalue weighted by atomic mass is 10.2. The first kappa shape index (κ1) is 20.9. The Hall–Kier alpha value is -2.78. The molecule has 0 unspecified atom stereocenters. The smallest absolute Gasteiger partial charge is 0.337 e. The van der Waals surface area contributed by atoms with Gasteiger partial charge in [-0.1, -0.05) is 11.3 Å². The molecule has 0 aliphatic rings. The van der Waals surface area contributed by atoms with Crippen molar-refractivity contribution < 1.29 is 22.7 Å². The van der Waals surface area contributed by atoms with E-state index in [9.17, 15) is 18.0 Å². The number of thiazole rings is 1. The fourth-order valence-electron chi connectivity index (χ4n) is 2.70. The van der Waals surface area contributed by atoms with Crippen LogP contribution in [-0.4, -0.2) is 37.2 Å². The highest BCUT2D eigenvalue weighted by Crippen LogP contribution is 2.20. The number of benzene rings is 2. The van der Waals surface area contributed by atoms with Gasteiger partial charge in [-0.25, -0.2) is 13.2 Å². The Morgan fingerprint density at radius 1 is 1.07 bits per heavy atom. The fourth-order valence-corrected chi connectivity index (χ4v) is 4.81. The number of fused-ring (bicyclic) bond motifs is 1. The molecule has 3 aromatic rings. The molecule has 0 N–H and O–H groups in total. The summed E-state index contributed by atoms with van der Waals surface area (Å²) in [7, 11) is -0.301. The van der Waals surface area contributed by atoms with Crippen LogP contribution in [0.1, 0.15) is 34.6 Å². The van der Waals surface area contributed by atoms with Gasteiger partial charge in [0.1, 0.15) is 0 Å². The van der Waals surface area contributed by atoms with Crippen LogP contribution in [0.25, 0.3) is 10.2 Å². The first-order valence-electron chi connectivity index (χ1n) is 8.76. The summed E-state index contributed by atoms with van der Waals surface area (Å²) in [6.45, 7) is 3.22. The van der Waals surface area contributed by atoms with E-state index in [2.05, 4.69) is 4.99 Å². The molecular weight excluding hydrogens is 412 g/mol. The highest BCUT2D eigenvalue weighted by atomic mass is 32.2. The highest BCUT2D eigenvalue weighted by molar-refractivity contribution is 7.92. The van der Waals surface area contributed by atoms with Gasteiger partial charge in [-0.15, -0.1) is 0 Å². The van der Waals surface area contributed by atoms with Gasteiger partial charge in [0.15, 0.2) is 14.6 Å². The van der Waals surface area contributed by atoms with Crippen molar-refractivity contribution in [1.29, 1.82) is 0 Å². The third kappa shape index (κ3) is 4.01. The number of rotatable bonds is 4. The molecule has 0 bridgehead atoms. The fraction of sp³-hybridized carbons (Fsp3) is 0.250. The summed E-state index contributed by atoms with van der Waals surface area (Å²) in [5.74, 6) is -0.914. The average Bonchev–Trinajstić information content (AvgIpc) is 3.02. The summed E-state index contributed by atoms with van der Waals surface area (Å²) in [6, 6.07) is 10.9. The number of amides is 1. The zero-order chi connectivity index (χ0) is 21.3. The molecule has 0 spiro atoms. The molecule has 0 aliphatic carbocycles. The van der Waals surface area contributed by atoms with Crippen LogP contribution in [0.4, 0.5) is 0 Å². The van der Waals surface area contributed by atoms with E-state index in [1.807, 2.05) is 0 Å². The Morgan fingerprint density at radius 2 is 1.69 bits per heavy atom. The molecule has 152 valence electrons. The van der Waals surface area contributed by atoms with Crippen molar-refractivity contribution in [2.24, 2.45) is 12.0 Å². The third-order valence-electron chi connectivity index (χ3n) is 4.48. The van der Waals surface area contributed by atoms with Gasteiger partial charge >= 0.3 is 5.97 Å². The topological polar surface area (TPSA) is 94.8 Å². The third-order valence-corrected chi connectivity index (χ3v) is 7.74. The number of sulfone groups is 1. The zero-order valence-electron chi connectivity index (χ0n) is 16.4. The summed E-state index contributed by atoms with van der Waals surface area (Å²) in [6.07, 6.45) is 0. The number of methoxy groups -OCH3 is 1. The van der Waals surface area contributed by atoms with E-state index < -0.39 is 27.0 Å². The Labute approximate surface area is 172 Å². The first-order valence-corrected chi connectivity index (χ1v) is 11.1. The molecule has 0 aliphatic heterocycles. The largest absolute Gasteiger partial charge is 0.465 e. The number of carbonyl (C=O) groups excluding carboxylic acids is 2. The van der Waals surface area contributed by atoms with Gasteiger partial charge in [0.05, 0.1) is 33.0 Å².